The molecule has 4 heteroatoms. The first-order valence-electron chi connectivity index (χ1n) is 2.97. The lowest BCUT2D eigenvalue weighted by atomic mass is 10.3. The maximum absolute atomic E-state index is 12.4. The number of fused-ring (bicyclic) bond motifs is 1. The highest BCUT2D eigenvalue weighted by atomic mass is 127. The van der Waals surface area contributed by atoms with E-state index in [0.29, 0.717) is 11.1 Å². The van der Waals surface area contributed by atoms with Crippen LogP contribution in [0.3, 0.4) is 0 Å². The Balaban J connectivity index is 2.82. The Morgan fingerprint density at radius 2 is 2.27 bits per heavy atom. The second-order valence-corrected chi connectivity index (χ2v) is 3.32. The average Bonchev–Trinajstić information content (AvgIpc) is 2.27. The summed E-state index contributed by atoms with van der Waals surface area (Å²) in [6.07, 6.45) is -0.776. The van der Waals surface area contributed by atoms with Crippen LogP contribution in [-0.4, -0.2) is 4.98 Å². The van der Waals surface area contributed by atoms with E-state index in [2.05, 4.69) is 32.0 Å². The summed E-state index contributed by atoms with van der Waals surface area (Å²) in [6.45, 7) is 0. The van der Waals surface area contributed by atoms with Gasteiger partial charge < -0.3 is 4.42 Å². The quantitative estimate of drug-likeness (QED) is 0.683. The SMILES string of the molecule is Fc1nc2ccc(I)cc2o1. The molecule has 0 aliphatic carbocycles. The van der Waals surface area contributed by atoms with E-state index in [0.717, 1.165) is 3.57 Å². The van der Waals surface area contributed by atoms with Gasteiger partial charge in [-0.1, -0.05) is 0 Å². The molecule has 0 bridgehead atoms. The largest absolute Gasteiger partial charge is 0.415 e. The Morgan fingerprint density at radius 1 is 1.45 bits per heavy atom. The number of aromatic nitrogens is 1. The van der Waals surface area contributed by atoms with E-state index in [1.54, 1.807) is 12.1 Å². The Morgan fingerprint density at radius 3 is 3.09 bits per heavy atom. The van der Waals surface area contributed by atoms with Crippen LogP contribution in [0.5, 0.6) is 0 Å². The number of hydrogen-bond acceptors (Lipinski definition) is 2. The molecule has 0 radical (unpaired) electrons. The van der Waals surface area contributed by atoms with Crippen LogP contribution >= 0.6 is 22.6 Å². The summed E-state index contributed by atoms with van der Waals surface area (Å²) >= 11 is 2.13. The van der Waals surface area contributed by atoms with Gasteiger partial charge in [0.15, 0.2) is 5.58 Å². The molecule has 0 saturated carbocycles. The third-order valence-electron chi connectivity index (χ3n) is 1.32. The van der Waals surface area contributed by atoms with Crippen LogP contribution < -0.4 is 0 Å². The van der Waals surface area contributed by atoms with E-state index in [4.69, 9.17) is 0 Å². The summed E-state index contributed by atoms with van der Waals surface area (Å²) in [5, 5.41) is 0. The Bertz CT molecular complexity index is 398. The Hall–Kier alpha value is -0.650. The van der Waals surface area contributed by atoms with Gasteiger partial charge in [-0.15, -0.1) is 4.39 Å². The van der Waals surface area contributed by atoms with E-state index in [1.807, 2.05) is 6.07 Å². The molecule has 1 aromatic heterocycles. The molecule has 1 aromatic carbocycles. The van der Waals surface area contributed by atoms with Crippen molar-refractivity contribution < 1.29 is 8.81 Å². The summed E-state index contributed by atoms with van der Waals surface area (Å²) in [7, 11) is 0. The molecule has 0 unspecified atom stereocenters. The number of oxazole rings is 1. The predicted octanol–water partition coefficient (Wildman–Crippen LogP) is 2.57. The van der Waals surface area contributed by atoms with Crippen LogP contribution in [0.4, 0.5) is 4.39 Å². The number of rotatable bonds is 0. The molecule has 0 N–H and O–H groups in total. The molecule has 0 aliphatic rings. The molecule has 2 aromatic rings. The maximum atomic E-state index is 12.4. The van der Waals surface area contributed by atoms with Gasteiger partial charge in [0.2, 0.25) is 0 Å². The highest BCUT2D eigenvalue weighted by Crippen LogP contribution is 2.17. The third kappa shape index (κ3) is 1.22. The summed E-state index contributed by atoms with van der Waals surface area (Å²) in [6, 6.07) is 5.32. The van der Waals surface area contributed by atoms with Crippen molar-refractivity contribution in [2.45, 2.75) is 0 Å². The standard InChI is InChI=1S/C7H3FINO/c8-7-10-5-2-1-4(9)3-6(5)11-7/h1-3H. The molecule has 56 valence electrons. The highest BCUT2D eigenvalue weighted by molar-refractivity contribution is 14.1. The zero-order valence-electron chi connectivity index (χ0n) is 5.34. The molecule has 0 amide bonds. The van der Waals surface area contributed by atoms with E-state index in [9.17, 15) is 4.39 Å². The molecule has 2 nitrogen and oxygen atoms in total. The van der Waals surface area contributed by atoms with E-state index in [1.165, 1.54) is 0 Å². The first-order chi connectivity index (χ1) is 5.25. The van der Waals surface area contributed by atoms with Gasteiger partial charge in [0.05, 0.1) is 0 Å². The maximum Gasteiger partial charge on any atom is 0.382 e. The fraction of sp³-hybridized carbons (Fsp3) is 0. The van der Waals surface area contributed by atoms with Crippen molar-refractivity contribution in [2.24, 2.45) is 0 Å². The fourth-order valence-corrected chi connectivity index (χ4v) is 1.33. The van der Waals surface area contributed by atoms with Crippen molar-refractivity contribution >= 4 is 33.7 Å². The van der Waals surface area contributed by atoms with Crippen molar-refractivity contribution in [1.29, 1.82) is 0 Å². The van der Waals surface area contributed by atoms with E-state index in [-0.39, 0.29) is 0 Å². The van der Waals surface area contributed by atoms with Gasteiger partial charge in [-0.25, -0.2) is 0 Å². The number of halogens is 2. The van der Waals surface area contributed by atoms with Crippen molar-refractivity contribution in [3.8, 4) is 0 Å². The minimum atomic E-state index is -0.776. The fourth-order valence-electron chi connectivity index (χ4n) is 0.870. The summed E-state index contributed by atoms with van der Waals surface area (Å²) in [4.78, 5) is 3.52. The molecule has 2 rings (SSSR count). The van der Waals surface area contributed by atoms with Gasteiger partial charge in [-0.3, -0.25) is 0 Å². The number of benzene rings is 1. The number of nitrogens with zero attached hydrogens (tertiary/aromatic N) is 1. The van der Waals surface area contributed by atoms with Gasteiger partial charge in [-0.2, -0.15) is 4.98 Å². The second kappa shape index (κ2) is 2.44. The molecular weight excluding hydrogens is 260 g/mol. The minimum Gasteiger partial charge on any atom is -0.415 e. The lowest BCUT2D eigenvalue weighted by Gasteiger charge is -1.85. The van der Waals surface area contributed by atoms with Gasteiger partial charge in [-0.05, 0) is 40.8 Å². The van der Waals surface area contributed by atoms with Crippen LogP contribution in [0.2, 0.25) is 0 Å². The monoisotopic (exact) mass is 263 g/mol. The van der Waals surface area contributed by atoms with Crippen LogP contribution in [0, 0.1) is 9.71 Å². The smallest absolute Gasteiger partial charge is 0.382 e. The molecule has 0 atom stereocenters. The van der Waals surface area contributed by atoms with Crippen molar-refractivity contribution in [2.75, 3.05) is 0 Å². The van der Waals surface area contributed by atoms with Gasteiger partial charge in [0.1, 0.15) is 5.52 Å². The summed E-state index contributed by atoms with van der Waals surface area (Å²) in [5.41, 5.74) is 1.05. The summed E-state index contributed by atoms with van der Waals surface area (Å²) in [5.74, 6) is 0. The molecule has 0 saturated heterocycles. The highest BCUT2D eigenvalue weighted by Gasteiger charge is 2.03. The van der Waals surface area contributed by atoms with Crippen LogP contribution in [0.1, 0.15) is 0 Å². The Kier molecular flexibility index (Phi) is 1.56. The molecule has 0 aliphatic heterocycles. The third-order valence-corrected chi connectivity index (χ3v) is 2.00. The molecular formula is C7H3FINO. The van der Waals surface area contributed by atoms with Crippen LogP contribution in [-0.2, 0) is 0 Å². The Labute approximate surface area is 75.6 Å². The zero-order chi connectivity index (χ0) is 7.84. The topological polar surface area (TPSA) is 26.0 Å². The second-order valence-electron chi connectivity index (χ2n) is 2.08. The predicted molar refractivity (Wildman–Crippen MR) is 46.7 cm³/mol. The lowest BCUT2D eigenvalue weighted by Crippen LogP contribution is -1.70. The van der Waals surface area contributed by atoms with Crippen LogP contribution in [0.15, 0.2) is 22.6 Å². The van der Waals surface area contributed by atoms with Crippen molar-refractivity contribution in [3.05, 3.63) is 27.9 Å². The molecule has 1 heterocycles. The van der Waals surface area contributed by atoms with E-state index < -0.39 is 6.14 Å². The molecule has 0 spiro atoms. The van der Waals surface area contributed by atoms with Crippen LogP contribution in [0.25, 0.3) is 11.1 Å². The average molecular weight is 263 g/mol. The number of hydrogen-bond donors (Lipinski definition) is 0. The first kappa shape index (κ1) is 7.02. The van der Waals surface area contributed by atoms with Crippen molar-refractivity contribution in [1.82, 2.24) is 4.98 Å². The molecule has 0 fully saturated rings. The molecule has 11 heavy (non-hydrogen) atoms. The minimum absolute atomic E-state index is 0.495. The van der Waals surface area contributed by atoms with Gasteiger partial charge in [0, 0.05) is 3.57 Å². The lowest BCUT2D eigenvalue weighted by molar-refractivity contribution is 0.355. The first-order valence-corrected chi connectivity index (χ1v) is 4.05. The van der Waals surface area contributed by atoms with E-state index >= 15 is 0 Å². The normalized spacial score (nSPS) is 10.7. The van der Waals surface area contributed by atoms with Crippen molar-refractivity contribution in [3.63, 3.8) is 0 Å². The van der Waals surface area contributed by atoms with Gasteiger partial charge in [0.25, 0.3) is 0 Å². The van der Waals surface area contributed by atoms with Gasteiger partial charge >= 0.3 is 6.14 Å². The zero-order valence-corrected chi connectivity index (χ0v) is 7.50. The summed E-state index contributed by atoms with van der Waals surface area (Å²) < 4.78 is 18.0.